The fraction of sp³-hybridized carbons (Fsp3) is 0.667. The summed E-state index contributed by atoms with van der Waals surface area (Å²) in [6.45, 7) is 5.84. The molecule has 0 radical (unpaired) electrons. The van der Waals surface area contributed by atoms with Gasteiger partial charge in [0.15, 0.2) is 0 Å². The molecule has 1 aromatic rings. The minimum Gasteiger partial charge on any atom is -0.310 e. The van der Waals surface area contributed by atoms with Crippen LogP contribution in [0.25, 0.3) is 0 Å². The molecule has 0 spiro atoms. The molecule has 2 atom stereocenters. The number of rotatable bonds is 5. The first-order valence-electron chi connectivity index (χ1n) is 8.50. The molecule has 1 aliphatic carbocycles. The Hall–Kier alpha value is -0.930. The van der Waals surface area contributed by atoms with Gasteiger partial charge in [0.25, 0.3) is 0 Å². The van der Waals surface area contributed by atoms with Crippen LogP contribution < -0.4 is 5.32 Å². The van der Waals surface area contributed by atoms with Gasteiger partial charge in [-0.05, 0) is 75.9 Å². The van der Waals surface area contributed by atoms with Crippen LogP contribution in [0.4, 0.5) is 4.39 Å². The molecule has 1 aromatic carbocycles. The van der Waals surface area contributed by atoms with E-state index < -0.39 is 0 Å². The van der Waals surface area contributed by atoms with Gasteiger partial charge in [0.05, 0.1) is 0 Å². The summed E-state index contributed by atoms with van der Waals surface area (Å²) in [5.41, 5.74) is 2.11. The highest BCUT2D eigenvalue weighted by Gasteiger charge is 2.24. The van der Waals surface area contributed by atoms with E-state index in [4.69, 9.17) is 0 Å². The van der Waals surface area contributed by atoms with Gasteiger partial charge in [-0.15, -0.1) is 0 Å². The van der Waals surface area contributed by atoms with Gasteiger partial charge in [-0.2, -0.15) is 0 Å². The third-order valence-electron chi connectivity index (χ3n) is 5.17. The highest BCUT2D eigenvalue weighted by atomic mass is 19.1. The number of fused-ring (bicyclic) bond motifs is 1. The highest BCUT2D eigenvalue weighted by Crippen LogP contribution is 2.32. The zero-order chi connectivity index (χ0) is 14.7. The molecule has 2 nitrogen and oxygen atoms in total. The molecule has 2 aliphatic rings. The molecule has 0 saturated carbocycles. The molecular formula is C18H27FN2. The third-order valence-corrected chi connectivity index (χ3v) is 5.17. The minimum atomic E-state index is -0.0288. The van der Waals surface area contributed by atoms with Gasteiger partial charge in [0, 0.05) is 12.1 Å². The van der Waals surface area contributed by atoms with E-state index in [1.165, 1.54) is 44.3 Å². The van der Waals surface area contributed by atoms with Crippen molar-refractivity contribution in [3.05, 3.63) is 35.1 Å². The quantitative estimate of drug-likeness (QED) is 0.832. The summed E-state index contributed by atoms with van der Waals surface area (Å²) < 4.78 is 13.7. The van der Waals surface area contributed by atoms with Gasteiger partial charge in [0.1, 0.15) is 5.82 Å². The first kappa shape index (κ1) is 15.0. The van der Waals surface area contributed by atoms with E-state index >= 15 is 0 Å². The average Bonchev–Trinajstić information content (AvgIpc) is 2.90. The van der Waals surface area contributed by atoms with Crippen molar-refractivity contribution in [1.82, 2.24) is 10.2 Å². The van der Waals surface area contributed by atoms with Crippen LogP contribution in [0.5, 0.6) is 0 Å². The van der Waals surface area contributed by atoms with Crippen LogP contribution >= 0.6 is 0 Å². The molecule has 0 bridgehead atoms. The van der Waals surface area contributed by atoms with Gasteiger partial charge in [-0.1, -0.05) is 18.6 Å². The standard InChI is InChI=1S/C18H27FN2/c1-14-6-2-3-12-21(14)13-5-11-20-18-10-9-15-16(18)7-4-8-17(15)19/h4,7-8,14,18,20H,2-3,5-6,9-13H2,1H3. The molecule has 1 N–H and O–H groups in total. The second kappa shape index (κ2) is 6.89. The van der Waals surface area contributed by atoms with Crippen molar-refractivity contribution in [3.8, 4) is 0 Å². The average molecular weight is 290 g/mol. The van der Waals surface area contributed by atoms with Crippen LogP contribution in [0.1, 0.15) is 56.2 Å². The highest BCUT2D eigenvalue weighted by molar-refractivity contribution is 5.35. The summed E-state index contributed by atoms with van der Waals surface area (Å²) in [6, 6.07) is 6.60. The Labute approximate surface area is 127 Å². The number of piperidine rings is 1. The van der Waals surface area contributed by atoms with Gasteiger partial charge in [0.2, 0.25) is 0 Å². The largest absolute Gasteiger partial charge is 0.310 e. The van der Waals surface area contributed by atoms with Crippen molar-refractivity contribution in [1.29, 1.82) is 0 Å². The molecule has 1 aliphatic heterocycles. The molecule has 3 rings (SSSR count). The molecule has 21 heavy (non-hydrogen) atoms. The number of nitrogens with one attached hydrogen (secondary N) is 1. The summed E-state index contributed by atoms with van der Waals surface area (Å²) in [5.74, 6) is -0.0288. The van der Waals surface area contributed by atoms with Crippen LogP contribution in [0.2, 0.25) is 0 Å². The van der Waals surface area contributed by atoms with Crippen molar-refractivity contribution in [3.63, 3.8) is 0 Å². The van der Waals surface area contributed by atoms with Gasteiger partial charge in [-0.25, -0.2) is 4.39 Å². The van der Waals surface area contributed by atoms with E-state index in [2.05, 4.69) is 23.2 Å². The van der Waals surface area contributed by atoms with Crippen molar-refractivity contribution in [2.24, 2.45) is 0 Å². The molecule has 116 valence electrons. The second-order valence-electron chi connectivity index (χ2n) is 6.59. The lowest BCUT2D eigenvalue weighted by atomic mass is 10.0. The summed E-state index contributed by atoms with van der Waals surface area (Å²) in [6.07, 6.45) is 7.20. The van der Waals surface area contributed by atoms with E-state index in [0.717, 1.165) is 31.0 Å². The maximum absolute atomic E-state index is 13.7. The molecule has 2 unspecified atom stereocenters. The molecule has 1 fully saturated rings. The molecule has 1 saturated heterocycles. The van der Waals surface area contributed by atoms with Crippen LogP contribution in [0.15, 0.2) is 18.2 Å². The van der Waals surface area contributed by atoms with E-state index in [1.807, 2.05) is 6.07 Å². The van der Waals surface area contributed by atoms with Gasteiger partial charge < -0.3 is 10.2 Å². The topological polar surface area (TPSA) is 15.3 Å². The zero-order valence-corrected chi connectivity index (χ0v) is 13.1. The van der Waals surface area contributed by atoms with Crippen LogP contribution in [-0.2, 0) is 6.42 Å². The van der Waals surface area contributed by atoms with Crippen molar-refractivity contribution < 1.29 is 4.39 Å². The lowest BCUT2D eigenvalue weighted by Gasteiger charge is -2.33. The van der Waals surface area contributed by atoms with Gasteiger partial charge >= 0.3 is 0 Å². The van der Waals surface area contributed by atoms with E-state index in [0.29, 0.717) is 6.04 Å². The molecule has 3 heteroatoms. The second-order valence-corrected chi connectivity index (χ2v) is 6.59. The number of nitrogens with zero attached hydrogens (tertiary/aromatic N) is 1. The zero-order valence-electron chi connectivity index (χ0n) is 13.1. The number of benzene rings is 1. The van der Waals surface area contributed by atoms with Crippen LogP contribution in [-0.4, -0.2) is 30.6 Å². The normalized spacial score (nSPS) is 26.0. The van der Waals surface area contributed by atoms with Crippen molar-refractivity contribution in [2.45, 2.75) is 57.5 Å². The van der Waals surface area contributed by atoms with E-state index in [-0.39, 0.29) is 5.82 Å². The van der Waals surface area contributed by atoms with Crippen LogP contribution in [0, 0.1) is 5.82 Å². The summed E-state index contributed by atoms with van der Waals surface area (Å²) in [4.78, 5) is 2.62. The number of hydrogen-bond acceptors (Lipinski definition) is 2. The molecule has 1 heterocycles. The Balaban J connectivity index is 1.44. The SMILES string of the molecule is CC1CCCCN1CCCNC1CCc2c(F)cccc21. The smallest absolute Gasteiger partial charge is 0.126 e. The number of likely N-dealkylation sites (tertiary alicyclic amines) is 1. The Bertz CT molecular complexity index is 474. The maximum atomic E-state index is 13.7. The molecule has 0 aromatic heterocycles. The fourth-order valence-corrected chi connectivity index (χ4v) is 3.87. The number of hydrogen-bond donors (Lipinski definition) is 1. The van der Waals surface area contributed by atoms with Gasteiger partial charge in [-0.3, -0.25) is 0 Å². The first-order chi connectivity index (χ1) is 10.3. The third kappa shape index (κ3) is 3.46. The number of halogens is 1. The Kier molecular flexibility index (Phi) is 4.91. The van der Waals surface area contributed by atoms with Crippen molar-refractivity contribution >= 4 is 0 Å². The maximum Gasteiger partial charge on any atom is 0.126 e. The predicted octanol–water partition coefficient (Wildman–Crippen LogP) is 3.67. The van der Waals surface area contributed by atoms with E-state index in [9.17, 15) is 4.39 Å². The van der Waals surface area contributed by atoms with Crippen LogP contribution in [0.3, 0.4) is 0 Å². The Morgan fingerprint density at radius 1 is 1.29 bits per heavy atom. The van der Waals surface area contributed by atoms with E-state index in [1.54, 1.807) is 6.07 Å². The summed E-state index contributed by atoms with van der Waals surface area (Å²) >= 11 is 0. The first-order valence-corrected chi connectivity index (χ1v) is 8.50. The predicted molar refractivity (Wildman–Crippen MR) is 85.0 cm³/mol. The lowest BCUT2D eigenvalue weighted by molar-refractivity contribution is 0.158. The summed E-state index contributed by atoms with van der Waals surface area (Å²) in [5, 5.41) is 3.63. The minimum absolute atomic E-state index is 0.0288. The Morgan fingerprint density at radius 3 is 3.05 bits per heavy atom. The molecule has 0 amide bonds. The monoisotopic (exact) mass is 290 g/mol. The van der Waals surface area contributed by atoms with Crippen molar-refractivity contribution in [2.75, 3.05) is 19.6 Å². The summed E-state index contributed by atoms with van der Waals surface area (Å²) in [7, 11) is 0. The lowest BCUT2D eigenvalue weighted by Crippen LogP contribution is -2.39. The fourth-order valence-electron chi connectivity index (χ4n) is 3.87. The Morgan fingerprint density at radius 2 is 2.19 bits per heavy atom. The molecular weight excluding hydrogens is 263 g/mol.